The van der Waals surface area contributed by atoms with Gasteiger partial charge in [0.25, 0.3) is 10.0 Å². The number of halogens is 1. The molecule has 0 aliphatic rings. The lowest BCUT2D eigenvalue weighted by atomic mass is 10.3. The standard InChI is InChI=1S/C9H9BrN4O2S/c1-6-2-7(10)3-11-9(6)14-17(15,16)8-4-12-13-5-8/h2-5H,1H3,(H,11,14)(H,12,13). The monoisotopic (exact) mass is 316 g/mol. The van der Waals surface area contributed by atoms with E-state index in [1.165, 1.54) is 18.6 Å². The zero-order valence-corrected chi connectivity index (χ0v) is 11.2. The van der Waals surface area contributed by atoms with Crippen molar-refractivity contribution < 1.29 is 8.42 Å². The number of rotatable bonds is 3. The van der Waals surface area contributed by atoms with Crippen molar-refractivity contribution in [2.24, 2.45) is 0 Å². The van der Waals surface area contributed by atoms with Crippen molar-refractivity contribution in [3.63, 3.8) is 0 Å². The molecular weight excluding hydrogens is 308 g/mol. The molecule has 8 heteroatoms. The third-order valence-corrected chi connectivity index (χ3v) is 3.80. The van der Waals surface area contributed by atoms with Gasteiger partial charge in [0.05, 0.1) is 6.20 Å². The van der Waals surface area contributed by atoms with E-state index in [9.17, 15) is 8.42 Å². The summed E-state index contributed by atoms with van der Waals surface area (Å²) in [6.07, 6.45) is 4.06. The van der Waals surface area contributed by atoms with Gasteiger partial charge in [-0.25, -0.2) is 13.4 Å². The van der Waals surface area contributed by atoms with Gasteiger partial charge >= 0.3 is 0 Å². The molecule has 0 atom stereocenters. The van der Waals surface area contributed by atoms with Crippen LogP contribution in [0.25, 0.3) is 0 Å². The topological polar surface area (TPSA) is 87.7 Å². The Hall–Kier alpha value is -1.41. The van der Waals surface area contributed by atoms with Crippen LogP contribution in [0.15, 0.2) is 34.0 Å². The molecule has 2 N–H and O–H groups in total. The van der Waals surface area contributed by atoms with E-state index in [0.717, 1.165) is 10.0 Å². The third-order valence-electron chi connectivity index (χ3n) is 2.06. The Kier molecular flexibility index (Phi) is 3.16. The number of pyridine rings is 1. The highest BCUT2D eigenvalue weighted by molar-refractivity contribution is 9.10. The van der Waals surface area contributed by atoms with E-state index in [-0.39, 0.29) is 4.90 Å². The Morgan fingerprint density at radius 1 is 1.41 bits per heavy atom. The fourth-order valence-corrected chi connectivity index (χ4v) is 2.65. The molecule has 2 aromatic rings. The normalized spacial score (nSPS) is 11.4. The van der Waals surface area contributed by atoms with Crippen LogP contribution < -0.4 is 4.72 Å². The van der Waals surface area contributed by atoms with Crippen LogP contribution >= 0.6 is 15.9 Å². The number of aryl methyl sites for hydroxylation is 1. The highest BCUT2D eigenvalue weighted by Gasteiger charge is 2.16. The molecule has 0 radical (unpaired) electrons. The molecule has 0 aliphatic heterocycles. The van der Waals surface area contributed by atoms with Gasteiger partial charge in [0.1, 0.15) is 10.7 Å². The van der Waals surface area contributed by atoms with E-state index in [0.29, 0.717) is 5.82 Å². The maximum atomic E-state index is 11.9. The molecule has 0 aromatic carbocycles. The molecule has 0 unspecified atom stereocenters. The van der Waals surface area contributed by atoms with E-state index in [1.807, 2.05) is 0 Å². The minimum Gasteiger partial charge on any atom is -0.284 e. The van der Waals surface area contributed by atoms with Gasteiger partial charge in [-0.05, 0) is 34.5 Å². The molecule has 0 aliphatic carbocycles. The first-order valence-electron chi connectivity index (χ1n) is 4.63. The third kappa shape index (κ3) is 2.64. The second-order valence-corrected chi connectivity index (χ2v) is 5.96. The molecule has 2 rings (SSSR count). The lowest BCUT2D eigenvalue weighted by Gasteiger charge is -2.07. The van der Waals surface area contributed by atoms with Crippen LogP contribution in [0.3, 0.4) is 0 Å². The van der Waals surface area contributed by atoms with Crippen LogP contribution in [-0.2, 0) is 10.0 Å². The number of nitrogens with zero attached hydrogens (tertiary/aromatic N) is 2. The fraction of sp³-hybridized carbons (Fsp3) is 0.111. The Balaban J connectivity index is 2.33. The van der Waals surface area contributed by atoms with E-state index >= 15 is 0 Å². The Morgan fingerprint density at radius 3 is 2.76 bits per heavy atom. The highest BCUT2D eigenvalue weighted by atomic mass is 79.9. The van der Waals surface area contributed by atoms with Crippen molar-refractivity contribution in [2.75, 3.05) is 4.72 Å². The van der Waals surface area contributed by atoms with Gasteiger partial charge in [0.15, 0.2) is 0 Å². The zero-order chi connectivity index (χ0) is 12.5. The minimum atomic E-state index is -3.63. The van der Waals surface area contributed by atoms with E-state index in [4.69, 9.17) is 0 Å². The molecule has 17 heavy (non-hydrogen) atoms. The first-order valence-corrected chi connectivity index (χ1v) is 6.90. The lowest BCUT2D eigenvalue weighted by molar-refractivity contribution is 0.601. The summed E-state index contributed by atoms with van der Waals surface area (Å²) in [5, 5.41) is 6.04. The SMILES string of the molecule is Cc1cc(Br)cnc1NS(=O)(=O)c1cn[nH]c1. The maximum Gasteiger partial charge on any atom is 0.266 e. The van der Waals surface area contributed by atoms with Gasteiger partial charge in [-0.15, -0.1) is 0 Å². The van der Waals surface area contributed by atoms with Crippen LogP contribution in [0.5, 0.6) is 0 Å². The summed E-state index contributed by atoms with van der Waals surface area (Å²) >= 11 is 3.26. The number of hydrogen-bond donors (Lipinski definition) is 2. The molecule has 0 amide bonds. The summed E-state index contributed by atoms with van der Waals surface area (Å²) in [7, 11) is -3.63. The molecule has 0 spiro atoms. The summed E-state index contributed by atoms with van der Waals surface area (Å²) in [5.41, 5.74) is 0.728. The van der Waals surface area contributed by atoms with Crippen LogP contribution in [0.4, 0.5) is 5.82 Å². The van der Waals surface area contributed by atoms with E-state index < -0.39 is 10.0 Å². The van der Waals surface area contributed by atoms with Crippen molar-refractivity contribution in [1.29, 1.82) is 0 Å². The second kappa shape index (κ2) is 4.46. The van der Waals surface area contributed by atoms with Crippen LogP contribution in [0, 0.1) is 6.92 Å². The fourth-order valence-electron chi connectivity index (χ4n) is 1.22. The van der Waals surface area contributed by atoms with E-state index in [1.54, 1.807) is 13.0 Å². The van der Waals surface area contributed by atoms with Crippen molar-refractivity contribution in [3.05, 3.63) is 34.7 Å². The predicted molar refractivity (Wildman–Crippen MR) is 66.1 cm³/mol. The van der Waals surface area contributed by atoms with Crippen molar-refractivity contribution in [1.82, 2.24) is 15.2 Å². The number of aromatic nitrogens is 3. The molecular formula is C9H9BrN4O2S. The molecule has 0 fully saturated rings. The first-order chi connectivity index (χ1) is 7.99. The molecule has 2 heterocycles. The van der Waals surface area contributed by atoms with E-state index in [2.05, 4.69) is 35.8 Å². The highest BCUT2D eigenvalue weighted by Crippen LogP contribution is 2.19. The minimum absolute atomic E-state index is 0.0709. The maximum absolute atomic E-state index is 11.9. The zero-order valence-electron chi connectivity index (χ0n) is 8.81. The average Bonchev–Trinajstić information content (AvgIpc) is 2.76. The number of sulfonamides is 1. The van der Waals surface area contributed by atoms with Gasteiger partial charge in [-0.1, -0.05) is 0 Å². The second-order valence-electron chi connectivity index (χ2n) is 3.36. The van der Waals surface area contributed by atoms with Gasteiger partial charge in [0.2, 0.25) is 0 Å². The van der Waals surface area contributed by atoms with Crippen LogP contribution in [-0.4, -0.2) is 23.6 Å². The number of aromatic amines is 1. The average molecular weight is 317 g/mol. The summed E-state index contributed by atoms with van der Waals surface area (Å²) in [4.78, 5) is 4.08. The molecule has 6 nitrogen and oxygen atoms in total. The number of nitrogens with one attached hydrogen (secondary N) is 2. The van der Waals surface area contributed by atoms with Crippen molar-refractivity contribution >= 4 is 31.8 Å². The van der Waals surface area contributed by atoms with Gasteiger partial charge in [-0.2, -0.15) is 5.10 Å². The van der Waals surface area contributed by atoms with Gasteiger partial charge < -0.3 is 0 Å². The molecule has 0 saturated heterocycles. The number of anilines is 1. The first kappa shape index (κ1) is 12.1. The summed E-state index contributed by atoms with van der Waals surface area (Å²) in [6.45, 7) is 1.77. The summed E-state index contributed by atoms with van der Waals surface area (Å²) in [6, 6.07) is 1.78. The van der Waals surface area contributed by atoms with Crippen LogP contribution in [0.1, 0.15) is 5.56 Å². The lowest BCUT2D eigenvalue weighted by Crippen LogP contribution is -2.14. The van der Waals surface area contributed by atoms with Crippen molar-refractivity contribution in [3.8, 4) is 0 Å². The Bertz CT molecular complexity index is 624. The molecule has 0 saturated carbocycles. The van der Waals surface area contributed by atoms with Gasteiger partial charge in [-0.3, -0.25) is 9.82 Å². The smallest absolute Gasteiger partial charge is 0.266 e. The van der Waals surface area contributed by atoms with Crippen molar-refractivity contribution in [2.45, 2.75) is 11.8 Å². The quantitative estimate of drug-likeness (QED) is 0.901. The van der Waals surface area contributed by atoms with Gasteiger partial charge in [0, 0.05) is 16.9 Å². The Labute approximate surface area is 107 Å². The summed E-state index contributed by atoms with van der Waals surface area (Å²) in [5.74, 6) is 0.300. The Morgan fingerprint density at radius 2 is 2.18 bits per heavy atom. The largest absolute Gasteiger partial charge is 0.284 e. The number of hydrogen-bond acceptors (Lipinski definition) is 4. The number of H-pyrrole nitrogens is 1. The predicted octanol–water partition coefficient (Wildman–Crippen LogP) is 1.68. The summed E-state index contributed by atoms with van der Waals surface area (Å²) < 4.78 is 26.9. The molecule has 2 aromatic heterocycles. The molecule has 0 bridgehead atoms. The van der Waals surface area contributed by atoms with Crippen LogP contribution in [0.2, 0.25) is 0 Å². The molecule has 90 valence electrons.